The van der Waals surface area contributed by atoms with Gasteiger partial charge < -0.3 is 4.74 Å². The number of ether oxygens (including phenoxy) is 1. The zero-order valence-electron chi connectivity index (χ0n) is 14.2. The van der Waals surface area contributed by atoms with Crippen molar-refractivity contribution in [2.24, 2.45) is 0 Å². The Hall–Kier alpha value is -2.09. The number of amides is 1. The topological polar surface area (TPSA) is 75.7 Å². The van der Waals surface area contributed by atoms with Crippen molar-refractivity contribution < 1.29 is 17.9 Å². The average Bonchev–Trinajstić information content (AvgIpc) is 3.01. The summed E-state index contributed by atoms with van der Waals surface area (Å²) in [7, 11) is -3.69. The predicted octanol–water partition coefficient (Wildman–Crippen LogP) is 3.21. The first-order valence-electron chi connectivity index (χ1n) is 8.21. The van der Waals surface area contributed by atoms with Crippen LogP contribution < -0.4 is 9.62 Å². The summed E-state index contributed by atoms with van der Waals surface area (Å²) in [6, 6.07) is 13.5. The number of sulfonamides is 1. The molecule has 0 aliphatic carbocycles. The van der Waals surface area contributed by atoms with Crippen LogP contribution in [-0.2, 0) is 21.2 Å². The van der Waals surface area contributed by atoms with Crippen LogP contribution in [0, 0.1) is 0 Å². The number of carbonyl (C=O) groups is 1. The van der Waals surface area contributed by atoms with Crippen molar-refractivity contribution in [3.05, 3.63) is 59.1 Å². The van der Waals surface area contributed by atoms with Gasteiger partial charge in [0, 0.05) is 17.3 Å². The molecule has 138 valence electrons. The minimum absolute atomic E-state index is 0.000241. The molecule has 1 unspecified atom stereocenters. The zero-order chi connectivity index (χ0) is 18.7. The normalized spacial score (nSPS) is 17.4. The number of carbonyl (C=O) groups excluding carboxylic acids is 1. The maximum absolute atomic E-state index is 12.3. The van der Waals surface area contributed by atoms with Crippen LogP contribution in [0.2, 0.25) is 5.02 Å². The van der Waals surface area contributed by atoms with Crippen LogP contribution in [0.5, 0.6) is 0 Å². The van der Waals surface area contributed by atoms with Gasteiger partial charge in [-0.05, 0) is 48.4 Å². The van der Waals surface area contributed by atoms with Crippen molar-refractivity contribution in [1.29, 1.82) is 0 Å². The molecule has 1 aliphatic heterocycles. The molecule has 0 spiro atoms. The number of nitrogens with zero attached hydrogens (tertiary/aromatic N) is 1. The van der Waals surface area contributed by atoms with Crippen molar-refractivity contribution in [3.63, 3.8) is 0 Å². The number of benzene rings is 2. The van der Waals surface area contributed by atoms with E-state index in [2.05, 4.69) is 11.6 Å². The molecule has 1 saturated heterocycles. The Kier molecular flexibility index (Phi) is 5.50. The second-order valence-electron chi connectivity index (χ2n) is 5.94. The number of anilines is 1. The predicted molar refractivity (Wildman–Crippen MR) is 100 cm³/mol. The smallest absolute Gasteiger partial charge is 0.414 e. The summed E-state index contributed by atoms with van der Waals surface area (Å²) >= 11 is 5.77. The van der Waals surface area contributed by atoms with Crippen LogP contribution in [0.1, 0.15) is 12.5 Å². The van der Waals surface area contributed by atoms with Gasteiger partial charge in [-0.2, -0.15) is 0 Å². The average molecular weight is 395 g/mol. The number of rotatable bonds is 6. The van der Waals surface area contributed by atoms with Crippen LogP contribution >= 0.6 is 11.6 Å². The van der Waals surface area contributed by atoms with Gasteiger partial charge in [-0.15, -0.1) is 0 Å². The van der Waals surface area contributed by atoms with Crippen LogP contribution in [0.3, 0.4) is 0 Å². The summed E-state index contributed by atoms with van der Waals surface area (Å²) in [5.41, 5.74) is 1.91. The van der Waals surface area contributed by atoms with Crippen LogP contribution in [0.4, 0.5) is 10.5 Å². The number of hydrogen-bond donors (Lipinski definition) is 1. The van der Waals surface area contributed by atoms with Crippen LogP contribution in [0.15, 0.2) is 53.4 Å². The lowest BCUT2D eigenvalue weighted by molar-refractivity contribution is 0.143. The Morgan fingerprint density at radius 2 is 1.81 bits per heavy atom. The lowest BCUT2D eigenvalue weighted by Crippen LogP contribution is -2.34. The third kappa shape index (κ3) is 4.17. The summed E-state index contributed by atoms with van der Waals surface area (Å²) in [5.74, 6) is 0. The van der Waals surface area contributed by atoms with Crippen LogP contribution in [-0.4, -0.2) is 33.7 Å². The molecule has 0 saturated carbocycles. The second-order valence-corrected chi connectivity index (χ2v) is 8.15. The maximum Gasteiger partial charge on any atom is 0.414 e. The molecule has 2 aromatic rings. The standard InChI is InChI=1S/C18H19ClN2O4S/c1-2-13-3-7-15(8-4-13)21-12-16(25-18(21)22)11-20-26(23,24)17-9-5-14(19)6-10-17/h3-10,16,20H,2,11-12H2,1H3. The Balaban J connectivity index is 1.62. The summed E-state index contributed by atoms with van der Waals surface area (Å²) in [6.45, 7) is 2.34. The molecular formula is C18H19ClN2O4S. The lowest BCUT2D eigenvalue weighted by atomic mass is 10.1. The first-order chi connectivity index (χ1) is 12.4. The molecule has 0 bridgehead atoms. The Morgan fingerprint density at radius 3 is 2.42 bits per heavy atom. The highest BCUT2D eigenvalue weighted by atomic mass is 35.5. The van der Waals surface area contributed by atoms with E-state index in [1.165, 1.54) is 34.7 Å². The highest BCUT2D eigenvalue weighted by Crippen LogP contribution is 2.22. The van der Waals surface area contributed by atoms with Gasteiger partial charge in [0.15, 0.2) is 0 Å². The van der Waals surface area contributed by atoms with E-state index in [1.807, 2.05) is 24.3 Å². The largest absolute Gasteiger partial charge is 0.443 e. The molecule has 1 amide bonds. The molecule has 0 aromatic heterocycles. The van der Waals surface area contributed by atoms with E-state index in [9.17, 15) is 13.2 Å². The summed E-state index contributed by atoms with van der Waals surface area (Å²) in [6.07, 6.45) is -0.125. The Morgan fingerprint density at radius 1 is 1.15 bits per heavy atom. The van der Waals surface area contributed by atoms with Crippen molar-refractivity contribution in [1.82, 2.24) is 4.72 Å². The number of hydrogen-bond acceptors (Lipinski definition) is 4. The van der Waals surface area contributed by atoms with E-state index in [-0.39, 0.29) is 18.0 Å². The number of halogens is 1. The summed E-state index contributed by atoms with van der Waals surface area (Å²) in [5, 5.41) is 0.457. The van der Waals surface area contributed by atoms with E-state index >= 15 is 0 Å². The van der Waals surface area contributed by atoms with E-state index in [4.69, 9.17) is 16.3 Å². The third-order valence-corrected chi connectivity index (χ3v) is 5.85. The lowest BCUT2D eigenvalue weighted by Gasteiger charge is -2.13. The van der Waals surface area contributed by atoms with Crippen LogP contribution in [0.25, 0.3) is 0 Å². The molecule has 1 atom stereocenters. The summed E-state index contributed by atoms with van der Waals surface area (Å²) < 4.78 is 32.3. The molecule has 2 aromatic carbocycles. The minimum Gasteiger partial charge on any atom is -0.443 e. The van der Waals surface area contributed by atoms with Crippen molar-refractivity contribution in [2.45, 2.75) is 24.3 Å². The Labute approximate surface area is 157 Å². The number of cyclic esters (lactones) is 1. The van der Waals surface area contributed by atoms with E-state index in [0.717, 1.165) is 12.1 Å². The van der Waals surface area contributed by atoms with Gasteiger partial charge in [-0.1, -0.05) is 30.7 Å². The fourth-order valence-electron chi connectivity index (χ4n) is 2.65. The minimum atomic E-state index is -3.69. The number of aryl methyl sites for hydroxylation is 1. The Bertz CT molecular complexity index is 882. The van der Waals surface area contributed by atoms with Crippen molar-refractivity contribution in [3.8, 4) is 0 Å². The van der Waals surface area contributed by atoms with Crippen molar-refractivity contribution >= 4 is 33.4 Å². The quantitative estimate of drug-likeness (QED) is 0.816. The molecule has 3 rings (SSSR count). The van der Waals surface area contributed by atoms with Gasteiger partial charge in [0.25, 0.3) is 0 Å². The van der Waals surface area contributed by atoms with Gasteiger partial charge in [0.05, 0.1) is 11.4 Å². The molecule has 0 radical (unpaired) electrons. The van der Waals surface area contributed by atoms with Crippen molar-refractivity contribution in [2.75, 3.05) is 18.0 Å². The second kappa shape index (κ2) is 7.65. The van der Waals surface area contributed by atoms with E-state index < -0.39 is 22.2 Å². The molecule has 1 fully saturated rings. The third-order valence-electron chi connectivity index (χ3n) is 4.16. The molecule has 8 heteroatoms. The highest BCUT2D eigenvalue weighted by Gasteiger charge is 2.33. The molecule has 26 heavy (non-hydrogen) atoms. The maximum atomic E-state index is 12.3. The fourth-order valence-corrected chi connectivity index (χ4v) is 3.84. The van der Waals surface area contributed by atoms with E-state index in [0.29, 0.717) is 5.02 Å². The van der Waals surface area contributed by atoms with Gasteiger partial charge in [0.2, 0.25) is 10.0 Å². The zero-order valence-corrected chi connectivity index (χ0v) is 15.8. The molecule has 1 aliphatic rings. The first-order valence-corrected chi connectivity index (χ1v) is 10.1. The van der Waals surface area contributed by atoms with E-state index in [1.54, 1.807) is 0 Å². The number of nitrogens with one attached hydrogen (secondary N) is 1. The molecular weight excluding hydrogens is 376 g/mol. The highest BCUT2D eigenvalue weighted by molar-refractivity contribution is 7.89. The van der Waals surface area contributed by atoms with Gasteiger partial charge >= 0.3 is 6.09 Å². The summed E-state index contributed by atoms with van der Waals surface area (Å²) in [4.78, 5) is 13.7. The van der Waals surface area contributed by atoms with Gasteiger partial charge in [-0.3, -0.25) is 4.90 Å². The molecule has 1 heterocycles. The molecule has 1 N–H and O–H groups in total. The molecule has 6 nitrogen and oxygen atoms in total. The monoisotopic (exact) mass is 394 g/mol. The fraction of sp³-hybridized carbons (Fsp3) is 0.278. The van der Waals surface area contributed by atoms with Gasteiger partial charge in [-0.25, -0.2) is 17.9 Å². The first kappa shape index (κ1) is 18.7. The van der Waals surface area contributed by atoms with Gasteiger partial charge in [0.1, 0.15) is 6.10 Å². The SMILES string of the molecule is CCc1ccc(N2CC(CNS(=O)(=O)c3ccc(Cl)cc3)OC2=O)cc1.